The van der Waals surface area contributed by atoms with Gasteiger partial charge < -0.3 is 4.74 Å². The Bertz CT molecular complexity index is 612. The zero-order valence-corrected chi connectivity index (χ0v) is 12.1. The predicted molar refractivity (Wildman–Crippen MR) is 75.3 cm³/mol. The van der Waals surface area contributed by atoms with Crippen molar-refractivity contribution in [2.24, 2.45) is 0 Å². The molecule has 0 aliphatic carbocycles. The third kappa shape index (κ3) is 3.65. The van der Waals surface area contributed by atoms with Crippen LogP contribution in [0.5, 0.6) is 0 Å². The van der Waals surface area contributed by atoms with E-state index in [1.807, 2.05) is 6.92 Å². The standard InChI is InChI=1S/C15H18FN3O2/c1-3-6-12-17-14(19-18-12)13(15(20)21-4-2)10-7-5-8-11(16)9-10/h5,7-9,13H,3-4,6H2,1-2H3,(H,17,18,19). The van der Waals surface area contributed by atoms with E-state index in [1.54, 1.807) is 19.1 Å². The molecule has 0 fully saturated rings. The molecule has 0 aliphatic heterocycles. The normalized spacial score (nSPS) is 12.1. The van der Waals surface area contributed by atoms with Crippen molar-refractivity contribution in [3.8, 4) is 0 Å². The Kier molecular flexibility index (Phi) is 5.03. The molecule has 6 heteroatoms. The van der Waals surface area contributed by atoms with E-state index < -0.39 is 17.7 Å². The number of halogens is 1. The van der Waals surface area contributed by atoms with E-state index in [0.29, 0.717) is 17.2 Å². The minimum Gasteiger partial charge on any atom is -0.465 e. The Hall–Kier alpha value is -2.24. The van der Waals surface area contributed by atoms with Gasteiger partial charge in [-0.2, -0.15) is 5.10 Å². The van der Waals surface area contributed by atoms with Crippen molar-refractivity contribution in [1.82, 2.24) is 15.2 Å². The number of aryl methyl sites for hydroxylation is 1. The third-order valence-electron chi connectivity index (χ3n) is 3.00. The fraction of sp³-hybridized carbons (Fsp3) is 0.400. The summed E-state index contributed by atoms with van der Waals surface area (Å²) in [5.41, 5.74) is 0.482. The summed E-state index contributed by atoms with van der Waals surface area (Å²) in [6.07, 6.45) is 1.66. The second-order valence-electron chi connectivity index (χ2n) is 4.63. The lowest BCUT2D eigenvalue weighted by Gasteiger charge is -2.12. The first-order valence-corrected chi connectivity index (χ1v) is 6.99. The lowest BCUT2D eigenvalue weighted by atomic mass is 9.98. The van der Waals surface area contributed by atoms with Crippen molar-refractivity contribution < 1.29 is 13.9 Å². The highest BCUT2D eigenvalue weighted by molar-refractivity contribution is 5.81. The maximum absolute atomic E-state index is 13.4. The molecule has 2 rings (SSSR count). The number of nitrogens with zero attached hydrogens (tertiary/aromatic N) is 2. The van der Waals surface area contributed by atoms with E-state index in [4.69, 9.17) is 4.74 Å². The number of esters is 1. The number of benzene rings is 1. The number of hydrogen-bond donors (Lipinski definition) is 1. The first kappa shape index (κ1) is 15.2. The first-order chi connectivity index (χ1) is 10.2. The van der Waals surface area contributed by atoms with Crippen LogP contribution in [0.1, 0.15) is 43.4 Å². The van der Waals surface area contributed by atoms with Gasteiger partial charge in [0.2, 0.25) is 0 Å². The van der Waals surface area contributed by atoms with E-state index in [0.717, 1.165) is 12.8 Å². The van der Waals surface area contributed by atoms with Crippen LogP contribution >= 0.6 is 0 Å². The fourth-order valence-corrected chi connectivity index (χ4v) is 2.09. The first-order valence-electron chi connectivity index (χ1n) is 6.99. The summed E-state index contributed by atoms with van der Waals surface area (Å²) in [4.78, 5) is 16.5. The van der Waals surface area contributed by atoms with Crippen LogP contribution in [0.2, 0.25) is 0 Å². The van der Waals surface area contributed by atoms with Gasteiger partial charge in [-0.3, -0.25) is 9.89 Å². The summed E-state index contributed by atoms with van der Waals surface area (Å²) in [6, 6.07) is 5.85. The zero-order valence-electron chi connectivity index (χ0n) is 12.1. The van der Waals surface area contributed by atoms with Crippen molar-refractivity contribution in [1.29, 1.82) is 0 Å². The fourth-order valence-electron chi connectivity index (χ4n) is 2.09. The Balaban J connectivity index is 2.37. The van der Waals surface area contributed by atoms with Gasteiger partial charge in [0, 0.05) is 6.42 Å². The number of rotatable bonds is 6. The molecule has 1 N–H and O–H groups in total. The van der Waals surface area contributed by atoms with Gasteiger partial charge in [0.15, 0.2) is 5.82 Å². The van der Waals surface area contributed by atoms with Crippen LogP contribution in [0.4, 0.5) is 4.39 Å². The Morgan fingerprint density at radius 2 is 2.24 bits per heavy atom. The summed E-state index contributed by atoms with van der Waals surface area (Å²) < 4.78 is 18.5. The molecule has 0 spiro atoms. The molecule has 112 valence electrons. The minimum atomic E-state index is -0.817. The SMILES string of the molecule is CCCc1nc(C(C(=O)OCC)c2cccc(F)c2)n[nH]1. The minimum absolute atomic E-state index is 0.247. The van der Waals surface area contributed by atoms with E-state index in [1.165, 1.54) is 12.1 Å². The molecule has 1 heterocycles. The van der Waals surface area contributed by atoms with Gasteiger partial charge >= 0.3 is 5.97 Å². The highest BCUT2D eigenvalue weighted by atomic mass is 19.1. The molecular weight excluding hydrogens is 273 g/mol. The zero-order chi connectivity index (χ0) is 15.2. The molecule has 0 bridgehead atoms. The van der Waals surface area contributed by atoms with Crippen molar-refractivity contribution in [3.05, 3.63) is 47.3 Å². The van der Waals surface area contributed by atoms with Gasteiger partial charge in [-0.25, -0.2) is 9.37 Å². The second kappa shape index (κ2) is 6.97. The molecule has 21 heavy (non-hydrogen) atoms. The molecule has 0 saturated heterocycles. The Morgan fingerprint density at radius 1 is 1.43 bits per heavy atom. The van der Waals surface area contributed by atoms with E-state index >= 15 is 0 Å². The van der Waals surface area contributed by atoms with E-state index in [9.17, 15) is 9.18 Å². The maximum atomic E-state index is 13.4. The van der Waals surface area contributed by atoms with Gasteiger partial charge in [-0.05, 0) is 31.0 Å². The van der Waals surface area contributed by atoms with Crippen molar-refractivity contribution in [2.75, 3.05) is 6.61 Å². The number of ether oxygens (including phenoxy) is 1. The lowest BCUT2D eigenvalue weighted by Crippen LogP contribution is -2.18. The number of nitrogens with one attached hydrogen (secondary N) is 1. The van der Waals surface area contributed by atoms with Crippen LogP contribution in [-0.2, 0) is 16.0 Å². The van der Waals surface area contributed by atoms with E-state index in [-0.39, 0.29) is 6.61 Å². The Labute approximate surface area is 122 Å². The molecule has 1 atom stereocenters. The molecule has 0 radical (unpaired) electrons. The van der Waals surface area contributed by atoms with Crippen LogP contribution in [0.25, 0.3) is 0 Å². The van der Waals surface area contributed by atoms with Crippen LogP contribution in [0, 0.1) is 5.82 Å². The van der Waals surface area contributed by atoms with Crippen LogP contribution < -0.4 is 0 Å². The molecule has 5 nitrogen and oxygen atoms in total. The monoisotopic (exact) mass is 291 g/mol. The highest BCUT2D eigenvalue weighted by Crippen LogP contribution is 2.24. The van der Waals surface area contributed by atoms with Crippen LogP contribution in [0.3, 0.4) is 0 Å². The lowest BCUT2D eigenvalue weighted by molar-refractivity contribution is -0.144. The van der Waals surface area contributed by atoms with Crippen molar-refractivity contribution >= 4 is 5.97 Å². The van der Waals surface area contributed by atoms with Gasteiger partial charge in [-0.1, -0.05) is 19.1 Å². The summed E-state index contributed by atoms with van der Waals surface area (Å²) in [5, 5.41) is 6.89. The van der Waals surface area contributed by atoms with Gasteiger partial charge in [0.1, 0.15) is 17.6 Å². The third-order valence-corrected chi connectivity index (χ3v) is 3.00. The predicted octanol–water partition coefficient (Wildman–Crippen LogP) is 2.59. The summed E-state index contributed by atoms with van der Waals surface area (Å²) >= 11 is 0. The molecule has 1 unspecified atom stereocenters. The van der Waals surface area contributed by atoms with Crippen molar-refractivity contribution in [3.63, 3.8) is 0 Å². The second-order valence-corrected chi connectivity index (χ2v) is 4.63. The number of carbonyl (C=O) groups excluding carboxylic acids is 1. The van der Waals surface area contributed by atoms with Crippen LogP contribution in [0.15, 0.2) is 24.3 Å². The van der Waals surface area contributed by atoms with E-state index in [2.05, 4.69) is 15.2 Å². The summed E-state index contributed by atoms with van der Waals surface area (Å²) in [5.74, 6) is -0.695. The quantitative estimate of drug-likeness (QED) is 0.831. The maximum Gasteiger partial charge on any atom is 0.321 e. The molecule has 2 aromatic rings. The topological polar surface area (TPSA) is 67.9 Å². The molecule has 0 amide bonds. The Morgan fingerprint density at radius 3 is 2.90 bits per heavy atom. The highest BCUT2D eigenvalue weighted by Gasteiger charge is 2.28. The number of carbonyl (C=O) groups is 1. The largest absolute Gasteiger partial charge is 0.465 e. The number of hydrogen-bond acceptors (Lipinski definition) is 4. The van der Waals surface area contributed by atoms with Crippen LogP contribution in [-0.4, -0.2) is 27.8 Å². The molecule has 0 aliphatic rings. The number of H-pyrrole nitrogens is 1. The molecular formula is C15H18FN3O2. The molecule has 1 aromatic carbocycles. The summed E-state index contributed by atoms with van der Waals surface area (Å²) in [6.45, 7) is 4.00. The van der Waals surface area contributed by atoms with Crippen molar-refractivity contribution in [2.45, 2.75) is 32.6 Å². The average Bonchev–Trinajstić information content (AvgIpc) is 2.88. The number of aromatic amines is 1. The van der Waals surface area contributed by atoms with Gasteiger partial charge in [0.25, 0.3) is 0 Å². The molecule has 1 aromatic heterocycles. The average molecular weight is 291 g/mol. The number of aromatic nitrogens is 3. The summed E-state index contributed by atoms with van der Waals surface area (Å²) in [7, 11) is 0. The van der Waals surface area contributed by atoms with Gasteiger partial charge in [0.05, 0.1) is 6.61 Å². The molecule has 0 saturated carbocycles. The van der Waals surface area contributed by atoms with Gasteiger partial charge in [-0.15, -0.1) is 0 Å². The smallest absolute Gasteiger partial charge is 0.321 e.